The van der Waals surface area contributed by atoms with Gasteiger partial charge in [0.05, 0.1) is 11.7 Å². The number of hydrogen-bond donors (Lipinski definition) is 4. The SMILES string of the molecule is CCC(C)(O)CC(C)CO.CCC(O)CCCO. The Morgan fingerprint density at radius 1 is 1.17 bits per heavy atom. The summed E-state index contributed by atoms with van der Waals surface area (Å²) in [5.74, 6) is 0.204. The molecule has 0 aliphatic carbocycles. The number of aliphatic hydroxyl groups excluding tert-OH is 3. The van der Waals surface area contributed by atoms with E-state index in [-0.39, 0.29) is 25.2 Å². The highest BCUT2D eigenvalue weighted by Gasteiger charge is 2.20. The van der Waals surface area contributed by atoms with E-state index in [0.29, 0.717) is 6.42 Å². The van der Waals surface area contributed by atoms with Crippen molar-refractivity contribution >= 4 is 0 Å². The Morgan fingerprint density at radius 2 is 1.72 bits per heavy atom. The molecule has 18 heavy (non-hydrogen) atoms. The molecule has 0 rings (SSSR count). The zero-order chi connectivity index (χ0) is 14.6. The highest BCUT2D eigenvalue weighted by Crippen LogP contribution is 2.18. The second-order valence-corrected chi connectivity index (χ2v) is 5.27. The molecule has 0 bridgehead atoms. The van der Waals surface area contributed by atoms with Crippen molar-refractivity contribution in [2.75, 3.05) is 13.2 Å². The van der Waals surface area contributed by atoms with Crippen LogP contribution in [-0.2, 0) is 0 Å². The molecule has 0 aromatic carbocycles. The van der Waals surface area contributed by atoms with E-state index in [1.54, 1.807) is 6.92 Å². The summed E-state index contributed by atoms with van der Waals surface area (Å²) in [5, 5.41) is 35.4. The van der Waals surface area contributed by atoms with Crippen LogP contribution in [0, 0.1) is 5.92 Å². The lowest BCUT2D eigenvalue weighted by molar-refractivity contribution is 0.0231. The van der Waals surface area contributed by atoms with Crippen LogP contribution in [0.5, 0.6) is 0 Å². The summed E-state index contributed by atoms with van der Waals surface area (Å²) in [5.41, 5.74) is -0.595. The Kier molecular flexibility index (Phi) is 13.3. The Morgan fingerprint density at radius 3 is 2.06 bits per heavy atom. The third kappa shape index (κ3) is 13.9. The average molecular weight is 264 g/mol. The highest BCUT2D eigenvalue weighted by atomic mass is 16.3. The van der Waals surface area contributed by atoms with E-state index in [1.807, 2.05) is 20.8 Å². The van der Waals surface area contributed by atoms with E-state index >= 15 is 0 Å². The van der Waals surface area contributed by atoms with Crippen LogP contribution in [0.1, 0.15) is 59.8 Å². The lowest BCUT2D eigenvalue weighted by Gasteiger charge is -2.23. The summed E-state index contributed by atoms with van der Waals surface area (Å²) in [4.78, 5) is 0. The first-order chi connectivity index (χ1) is 8.32. The van der Waals surface area contributed by atoms with Gasteiger partial charge in [-0.05, 0) is 44.9 Å². The lowest BCUT2D eigenvalue weighted by Crippen LogP contribution is -2.26. The highest BCUT2D eigenvalue weighted by molar-refractivity contribution is 4.72. The van der Waals surface area contributed by atoms with Crippen LogP contribution in [0.15, 0.2) is 0 Å². The smallest absolute Gasteiger partial charge is 0.0620 e. The molecular weight excluding hydrogens is 232 g/mol. The van der Waals surface area contributed by atoms with Crippen molar-refractivity contribution in [3.63, 3.8) is 0 Å². The Bertz CT molecular complexity index is 171. The molecule has 0 heterocycles. The van der Waals surface area contributed by atoms with Crippen LogP contribution in [0.3, 0.4) is 0 Å². The van der Waals surface area contributed by atoms with Crippen molar-refractivity contribution in [3.05, 3.63) is 0 Å². The van der Waals surface area contributed by atoms with Gasteiger partial charge in [-0.3, -0.25) is 0 Å². The summed E-state index contributed by atoms with van der Waals surface area (Å²) in [7, 11) is 0. The van der Waals surface area contributed by atoms with Crippen LogP contribution in [0.25, 0.3) is 0 Å². The fourth-order valence-corrected chi connectivity index (χ4v) is 1.49. The summed E-state index contributed by atoms with van der Waals surface area (Å²) >= 11 is 0. The van der Waals surface area contributed by atoms with Crippen molar-refractivity contribution in [3.8, 4) is 0 Å². The average Bonchev–Trinajstić information content (AvgIpc) is 2.36. The first-order valence-electron chi connectivity index (χ1n) is 6.95. The van der Waals surface area contributed by atoms with Gasteiger partial charge in [0.1, 0.15) is 0 Å². The van der Waals surface area contributed by atoms with E-state index in [1.165, 1.54) is 0 Å². The van der Waals surface area contributed by atoms with Crippen LogP contribution in [0.4, 0.5) is 0 Å². The van der Waals surface area contributed by atoms with Crippen LogP contribution < -0.4 is 0 Å². The van der Waals surface area contributed by atoms with Gasteiger partial charge in [0.25, 0.3) is 0 Å². The molecule has 4 nitrogen and oxygen atoms in total. The molecule has 4 heteroatoms. The quantitative estimate of drug-likeness (QED) is 0.538. The van der Waals surface area contributed by atoms with Gasteiger partial charge in [-0.2, -0.15) is 0 Å². The van der Waals surface area contributed by atoms with E-state index in [4.69, 9.17) is 15.3 Å². The maximum absolute atomic E-state index is 9.51. The van der Waals surface area contributed by atoms with Crippen molar-refractivity contribution < 1.29 is 20.4 Å². The van der Waals surface area contributed by atoms with Crippen LogP contribution >= 0.6 is 0 Å². The van der Waals surface area contributed by atoms with Gasteiger partial charge in [0.2, 0.25) is 0 Å². The molecule has 0 radical (unpaired) electrons. The van der Waals surface area contributed by atoms with Crippen molar-refractivity contribution in [1.29, 1.82) is 0 Å². The summed E-state index contributed by atoms with van der Waals surface area (Å²) < 4.78 is 0. The molecular formula is C14H32O4. The molecule has 112 valence electrons. The molecule has 0 aliphatic heterocycles. The van der Waals surface area contributed by atoms with Gasteiger partial charge >= 0.3 is 0 Å². The zero-order valence-corrected chi connectivity index (χ0v) is 12.4. The second-order valence-electron chi connectivity index (χ2n) is 5.27. The maximum atomic E-state index is 9.51. The Labute approximate surface area is 112 Å². The molecule has 4 N–H and O–H groups in total. The lowest BCUT2D eigenvalue weighted by atomic mass is 9.91. The zero-order valence-electron chi connectivity index (χ0n) is 12.4. The third-order valence-electron chi connectivity index (χ3n) is 3.03. The summed E-state index contributed by atoms with van der Waals surface area (Å²) in [6, 6.07) is 0. The third-order valence-corrected chi connectivity index (χ3v) is 3.03. The second kappa shape index (κ2) is 11.9. The molecule has 0 aliphatic rings. The topological polar surface area (TPSA) is 80.9 Å². The van der Waals surface area contributed by atoms with Crippen molar-refractivity contribution in [2.24, 2.45) is 5.92 Å². The van der Waals surface area contributed by atoms with Crippen LogP contribution in [0.2, 0.25) is 0 Å². The molecule has 0 spiro atoms. The minimum atomic E-state index is -0.595. The van der Waals surface area contributed by atoms with E-state index < -0.39 is 5.60 Å². The number of aliphatic hydroxyl groups is 4. The van der Waals surface area contributed by atoms with Crippen molar-refractivity contribution in [1.82, 2.24) is 0 Å². The van der Waals surface area contributed by atoms with Gasteiger partial charge < -0.3 is 20.4 Å². The monoisotopic (exact) mass is 264 g/mol. The molecule has 3 unspecified atom stereocenters. The molecule has 0 saturated heterocycles. The maximum Gasteiger partial charge on any atom is 0.0620 e. The first-order valence-corrected chi connectivity index (χ1v) is 6.95. The standard InChI is InChI=1S/C8H18O2.C6H14O2/c1-4-8(3,10)5-7(2)6-9;1-2-6(8)4-3-5-7/h7,9-10H,4-6H2,1-3H3;6-8H,2-5H2,1H3. The predicted octanol–water partition coefficient (Wildman–Crippen LogP) is 1.70. The van der Waals surface area contributed by atoms with Gasteiger partial charge in [-0.25, -0.2) is 0 Å². The molecule has 0 fully saturated rings. The van der Waals surface area contributed by atoms with Gasteiger partial charge in [0.15, 0.2) is 0 Å². The fourth-order valence-electron chi connectivity index (χ4n) is 1.49. The minimum absolute atomic E-state index is 0.163. The number of hydrogen-bond acceptors (Lipinski definition) is 4. The first kappa shape index (κ1) is 20.2. The summed E-state index contributed by atoms with van der Waals surface area (Å²) in [6.45, 7) is 7.97. The molecule has 0 saturated carbocycles. The molecule has 0 amide bonds. The van der Waals surface area contributed by atoms with Gasteiger partial charge in [-0.1, -0.05) is 20.8 Å². The molecule has 0 aromatic heterocycles. The van der Waals surface area contributed by atoms with E-state index in [0.717, 1.165) is 25.7 Å². The summed E-state index contributed by atoms with van der Waals surface area (Å²) in [6.07, 6.45) is 3.46. The minimum Gasteiger partial charge on any atom is -0.396 e. The van der Waals surface area contributed by atoms with Gasteiger partial charge in [-0.15, -0.1) is 0 Å². The Balaban J connectivity index is 0. The number of rotatable bonds is 8. The van der Waals surface area contributed by atoms with E-state index in [2.05, 4.69) is 0 Å². The van der Waals surface area contributed by atoms with E-state index in [9.17, 15) is 5.11 Å². The van der Waals surface area contributed by atoms with Gasteiger partial charge in [0, 0.05) is 13.2 Å². The van der Waals surface area contributed by atoms with Crippen molar-refractivity contribution in [2.45, 2.75) is 71.5 Å². The van der Waals surface area contributed by atoms with Crippen LogP contribution in [-0.4, -0.2) is 45.3 Å². The largest absolute Gasteiger partial charge is 0.396 e. The predicted molar refractivity (Wildman–Crippen MR) is 74.4 cm³/mol. The molecule has 3 atom stereocenters. The Hall–Kier alpha value is -0.160. The molecule has 0 aromatic rings. The fraction of sp³-hybridized carbons (Fsp3) is 1.00. The normalized spacial score (nSPS) is 17.3.